The molecule has 0 fully saturated rings. The van der Waals surface area contributed by atoms with E-state index in [9.17, 15) is 14.4 Å². The van der Waals surface area contributed by atoms with E-state index in [0.29, 0.717) is 10.6 Å². The number of halogens is 1. The number of nitrogens with zero attached hydrogens (tertiary/aromatic N) is 7. The van der Waals surface area contributed by atoms with Crippen LogP contribution < -0.4 is 16.6 Å². The van der Waals surface area contributed by atoms with Gasteiger partial charge in [-0.2, -0.15) is 5.10 Å². The van der Waals surface area contributed by atoms with Crippen molar-refractivity contribution in [1.82, 2.24) is 34.6 Å². The summed E-state index contributed by atoms with van der Waals surface area (Å²) in [6.45, 7) is 1.71. The summed E-state index contributed by atoms with van der Waals surface area (Å²) >= 11 is 5.98. The zero-order valence-electron chi connectivity index (χ0n) is 14.0. The Hall–Kier alpha value is -3.34. The molecule has 1 N–H and O–H groups in total. The van der Waals surface area contributed by atoms with Crippen LogP contribution in [0.15, 0.2) is 27.8 Å². The molecular weight excluding hydrogens is 364 g/mol. The highest BCUT2D eigenvalue weighted by Gasteiger charge is 2.21. The summed E-state index contributed by atoms with van der Waals surface area (Å²) in [6, 6.07) is 4.76. The third-order valence-electron chi connectivity index (χ3n) is 3.60. The van der Waals surface area contributed by atoms with Gasteiger partial charge in [0.25, 0.3) is 11.5 Å². The number of benzene rings is 1. The Kier molecular flexibility index (Phi) is 4.38. The first-order valence-corrected chi connectivity index (χ1v) is 7.68. The van der Waals surface area contributed by atoms with Gasteiger partial charge in [0, 0.05) is 19.1 Å². The van der Waals surface area contributed by atoms with Crippen molar-refractivity contribution in [1.29, 1.82) is 0 Å². The number of carbonyl (C=O) groups excluding carboxylic acids is 1. The van der Waals surface area contributed by atoms with Crippen LogP contribution in [0.25, 0.3) is 5.69 Å². The minimum absolute atomic E-state index is 0.0236. The van der Waals surface area contributed by atoms with Crippen molar-refractivity contribution in [2.75, 3.05) is 5.32 Å². The summed E-state index contributed by atoms with van der Waals surface area (Å²) in [5, 5.41) is 17.0. The molecule has 2 aromatic heterocycles. The second kappa shape index (κ2) is 6.52. The largest absolute Gasteiger partial charge is 0.351 e. The minimum atomic E-state index is -0.883. The molecule has 11 nitrogen and oxygen atoms in total. The highest BCUT2D eigenvalue weighted by atomic mass is 35.5. The SMILES string of the molecule is Cc1ccc(Cl)cc1-n1c(=O)c(C(=O)Nc2nnnn2C)nn(C)c1=O. The number of aryl methyl sites for hydroxylation is 3. The van der Waals surface area contributed by atoms with E-state index in [1.807, 2.05) is 0 Å². The average Bonchev–Trinajstić information content (AvgIpc) is 2.99. The van der Waals surface area contributed by atoms with Crippen LogP contribution >= 0.6 is 11.6 Å². The smallest absolute Gasteiger partial charge is 0.288 e. The zero-order valence-corrected chi connectivity index (χ0v) is 14.7. The molecule has 134 valence electrons. The Morgan fingerprint density at radius 3 is 2.58 bits per heavy atom. The van der Waals surface area contributed by atoms with Gasteiger partial charge in [-0.05, 0) is 35.0 Å². The van der Waals surface area contributed by atoms with Gasteiger partial charge in [-0.1, -0.05) is 22.8 Å². The lowest BCUT2D eigenvalue weighted by Crippen LogP contribution is -2.44. The summed E-state index contributed by atoms with van der Waals surface area (Å²) in [4.78, 5) is 37.7. The molecule has 26 heavy (non-hydrogen) atoms. The average molecular weight is 377 g/mol. The van der Waals surface area contributed by atoms with E-state index in [2.05, 4.69) is 25.9 Å². The van der Waals surface area contributed by atoms with Gasteiger partial charge in [0.05, 0.1) is 5.69 Å². The first kappa shape index (κ1) is 17.5. The van der Waals surface area contributed by atoms with Gasteiger partial charge in [-0.15, -0.1) is 0 Å². The fourth-order valence-corrected chi connectivity index (χ4v) is 2.41. The standard InChI is InChI=1S/C14H13ClN8O3/c1-7-4-5-8(15)6-9(7)23-12(25)10(18-22(3)14(23)26)11(24)16-13-17-19-20-21(13)2/h4-6H,1-3H3,(H,16,17,20,24). The third-order valence-corrected chi connectivity index (χ3v) is 3.83. The molecule has 1 aromatic carbocycles. The molecule has 0 spiro atoms. The minimum Gasteiger partial charge on any atom is -0.288 e. The Morgan fingerprint density at radius 2 is 1.92 bits per heavy atom. The quantitative estimate of drug-likeness (QED) is 0.662. The molecule has 0 radical (unpaired) electrons. The second-order valence-electron chi connectivity index (χ2n) is 5.41. The lowest BCUT2D eigenvalue weighted by Gasteiger charge is -2.11. The molecule has 3 rings (SSSR count). The maximum absolute atomic E-state index is 12.8. The van der Waals surface area contributed by atoms with E-state index < -0.39 is 22.9 Å². The lowest BCUT2D eigenvalue weighted by atomic mass is 10.2. The van der Waals surface area contributed by atoms with Crippen molar-refractivity contribution in [3.05, 3.63) is 55.3 Å². The normalized spacial score (nSPS) is 10.8. The molecule has 0 atom stereocenters. The van der Waals surface area contributed by atoms with Crippen molar-refractivity contribution in [2.24, 2.45) is 14.1 Å². The first-order valence-electron chi connectivity index (χ1n) is 7.30. The molecule has 0 aliphatic rings. The third kappa shape index (κ3) is 2.99. The topological polar surface area (TPSA) is 130 Å². The van der Waals surface area contributed by atoms with Crippen molar-refractivity contribution >= 4 is 23.5 Å². The van der Waals surface area contributed by atoms with E-state index in [0.717, 1.165) is 9.25 Å². The molecule has 0 bridgehead atoms. The van der Waals surface area contributed by atoms with Crippen LogP contribution in [-0.2, 0) is 14.1 Å². The molecule has 2 heterocycles. The van der Waals surface area contributed by atoms with E-state index in [4.69, 9.17) is 11.6 Å². The van der Waals surface area contributed by atoms with Crippen LogP contribution in [-0.4, -0.2) is 40.5 Å². The molecular formula is C14H13ClN8O3. The lowest BCUT2D eigenvalue weighted by molar-refractivity contribution is 0.101. The van der Waals surface area contributed by atoms with Crippen LogP contribution in [0.3, 0.4) is 0 Å². The summed E-state index contributed by atoms with van der Waals surface area (Å²) in [7, 11) is 2.84. The Morgan fingerprint density at radius 1 is 1.19 bits per heavy atom. The van der Waals surface area contributed by atoms with Gasteiger partial charge in [0.2, 0.25) is 11.6 Å². The number of hydrogen-bond acceptors (Lipinski definition) is 7. The molecule has 0 aliphatic carbocycles. The molecule has 0 saturated heterocycles. The monoisotopic (exact) mass is 376 g/mol. The molecule has 3 aromatic rings. The molecule has 1 amide bonds. The summed E-state index contributed by atoms with van der Waals surface area (Å²) in [5.41, 5.74) is -1.19. The van der Waals surface area contributed by atoms with Gasteiger partial charge >= 0.3 is 5.69 Å². The Bertz CT molecular complexity index is 1130. The van der Waals surface area contributed by atoms with Crippen LogP contribution in [0.4, 0.5) is 5.95 Å². The Balaban J connectivity index is 2.18. The van der Waals surface area contributed by atoms with E-state index in [1.54, 1.807) is 19.1 Å². The zero-order chi connectivity index (χ0) is 19.0. The number of rotatable bonds is 3. The number of hydrogen-bond donors (Lipinski definition) is 1. The van der Waals surface area contributed by atoms with Crippen molar-refractivity contribution < 1.29 is 4.79 Å². The van der Waals surface area contributed by atoms with Crippen molar-refractivity contribution in [3.63, 3.8) is 0 Å². The molecule has 0 unspecified atom stereocenters. The van der Waals surface area contributed by atoms with E-state index in [1.165, 1.54) is 24.8 Å². The van der Waals surface area contributed by atoms with Crippen LogP contribution in [0.5, 0.6) is 0 Å². The highest BCUT2D eigenvalue weighted by molar-refractivity contribution is 6.30. The number of amides is 1. The first-order chi connectivity index (χ1) is 12.3. The van der Waals surface area contributed by atoms with Gasteiger partial charge in [-0.25, -0.2) is 18.7 Å². The number of carbonyl (C=O) groups is 1. The van der Waals surface area contributed by atoms with Crippen molar-refractivity contribution in [3.8, 4) is 5.69 Å². The Labute approximate surface area is 150 Å². The second-order valence-corrected chi connectivity index (χ2v) is 5.84. The molecule has 0 aliphatic heterocycles. The highest BCUT2D eigenvalue weighted by Crippen LogP contribution is 2.17. The maximum atomic E-state index is 12.8. The molecule has 12 heteroatoms. The number of aromatic nitrogens is 7. The predicted octanol–water partition coefficient (Wildman–Crippen LogP) is -0.331. The summed E-state index contributed by atoms with van der Waals surface area (Å²) in [5.74, 6) is -0.826. The molecule has 0 saturated carbocycles. The number of tetrazole rings is 1. The van der Waals surface area contributed by atoms with Gasteiger partial charge < -0.3 is 0 Å². The fourth-order valence-electron chi connectivity index (χ4n) is 2.25. The fraction of sp³-hybridized carbons (Fsp3) is 0.214. The maximum Gasteiger partial charge on any atom is 0.351 e. The van der Waals surface area contributed by atoms with Crippen LogP contribution in [0.2, 0.25) is 5.02 Å². The predicted molar refractivity (Wildman–Crippen MR) is 91.6 cm³/mol. The van der Waals surface area contributed by atoms with E-state index in [-0.39, 0.29) is 11.6 Å². The van der Waals surface area contributed by atoms with Gasteiger partial charge in [0.1, 0.15) is 0 Å². The van der Waals surface area contributed by atoms with E-state index >= 15 is 0 Å². The van der Waals surface area contributed by atoms with Crippen molar-refractivity contribution in [2.45, 2.75) is 6.92 Å². The summed E-state index contributed by atoms with van der Waals surface area (Å²) in [6.07, 6.45) is 0. The van der Waals surface area contributed by atoms with Crippen LogP contribution in [0, 0.1) is 6.92 Å². The van der Waals surface area contributed by atoms with Gasteiger partial charge in [0.15, 0.2) is 0 Å². The summed E-state index contributed by atoms with van der Waals surface area (Å²) < 4.78 is 2.95. The van der Waals surface area contributed by atoms with Crippen LogP contribution in [0.1, 0.15) is 16.1 Å². The number of anilines is 1. The number of nitrogens with one attached hydrogen (secondary N) is 1. The van der Waals surface area contributed by atoms with Gasteiger partial charge in [-0.3, -0.25) is 14.9 Å².